The van der Waals surface area contributed by atoms with Gasteiger partial charge >= 0.3 is 0 Å². The SMILES string of the molecule is Nc1nc(CCCc2nc(Cc3ccccc3)no2)cs1. The van der Waals surface area contributed by atoms with E-state index in [9.17, 15) is 0 Å². The second-order valence-corrected chi connectivity index (χ2v) is 5.69. The van der Waals surface area contributed by atoms with Gasteiger partial charge in [-0.2, -0.15) is 4.98 Å². The van der Waals surface area contributed by atoms with E-state index in [-0.39, 0.29) is 0 Å². The predicted octanol–water partition coefficient (Wildman–Crippen LogP) is 2.87. The molecule has 3 aromatic rings. The van der Waals surface area contributed by atoms with Crippen LogP contribution in [0.1, 0.15) is 29.4 Å². The van der Waals surface area contributed by atoms with Gasteiger partial charge in [0.05, 0.1) is 5.69 Å². The summed E-state index contributed by atoms with van der Waals surface area (Å²) in [4.78, 5) is 8.65. The number of nitrogens with two attached hydrogens (primary N) is 1. The van der Waals surface area contributed by atoms with Crippen LogP contribution in [0.15, 0.2) is 40.2 Å². The molecule has 21 heavy (non-hydrogen) atoms. The molecule has 1 aromatic carbocycles. The van der Waals surface area contributed by atoms with Gasteiger partial charge < -0.3 is 10.3 Å². The maximum atomic E-state index is 5.60. The van der Waals surface area contributed by atoms with Crippen molar-refractivity contribution >= 4 is 16.5 Å². The Hall–Kier alpha value is -2.21. The van der Waals surface area contributed by atoms with Crippen LogP contribution in [0, 0.1) is 0 Å². The zero-order chi connectivity index (χ0) is 14.5. The van der Waals surface area contributed by atoms with E-state index >= 15 is 0 Å². The van der Waals surface area contributed by atoms with Gasteiger partial charge in [-0.15, -0.1) is 11.3 Å². The summed E-state index contributed by atoms with van der Waals surface area (Å²) in [7, 11) is 0. The lowest BCUT2D eigenvalue weighted by Crippen LogP contribution is -1.93. The molecule has 108 valence electrons. The van der Waals surface area contributed by atoms with Crippen LogP contribution in [-0.4, -0.2) is 15.1 Å². The third-order valence-corrected chi connectivity index (χ3v) is 3.83. The van der Waals surface area contributed by atoms with Crippen molar-refractivity contribution in [1.29, 1.82) is 0 Å². The summed E-state index contributed by atoms with van der Waals surface area (Å²) in [5.74, 6) is 1.42. The van der Waals surface area contributed by atoms with E-state index in [1.165, 1.54) is 16.9 Å². The average molecular weight is 300 g/mol. The quantitative estimate of drug-likeness (QED) is 0.757. The zero-order valence-corrected chi connectivity index (χ0v) is 12.3. The molecule has 0 bridgehead atoms. The Kier molecular flexibility index (Phi) is 4.25. The summed E-state index contributed by atoms with van der Waals surface area (Å²) in [5, 5.41) is 6.63. The molecule has 0 unspecified atom stereocenters. The first kappa shape index (κ1) is 13.8. The van der Waals surface area contributed by atoms with Gasteiger partial charge in [-0.3, -0.25) is 0 Å². The first-order valence-electron chi connectivity index (χ1n) is 6.85. The highest BCUT2D eigenvalue weighted by Gasteiger charge is 2.07. The highest BCUT2D eigenvalue weighted by Crippen LogP contribution is 2.14. The van der Waals surface area contributed by atoms with Crippen LogP contribution >= 0.6 is 11.3 Å². The van der Waals surface area contributed by atoms with E-state index in [0.717, 1.165) is 30.8 Å². The third-order valence-electron chi connectivity index (χ3n) is 3.11. The van der Waals surface area contributed by atoms with E-state index in [2.05, 4.69) is 27.3 Å². The van der Waals surface area contributed by atoms with Crippen LogP contribution in [0.5, 0.6) is 0 Å². The van der Waals surface area contributed by atoms with E-state index in [0.29, 0.717) is 17.4 Å². The van der Waals surface area contributed by atoms with Gasteiger partial charge in [-0.25, -0.2) is 4.98 Å². The van der Waals surface area contributed by atoms with E-state index in [1.807, 2.05) is 23.6 Å². The van der Waals surface area contributed by atoms with Crippen molar-refractivity contribution in [3.05, 3.63) is 58.7 Å². The minimum absolute atomic E-state index is 0.618. The molecule has 3 rings (SSSR count). The van der Waals surface area contributed by atoms with Gasteiger partial charge in [0.2, 0.25) is 5.89 Å². The van der Waals surface area contributed by atoms with Crippen LogP contribution in [0.2, 0.25) is 0 Å². The molecule has 0 aliphatic rings. The highest BCUT2D eigenvalue weighted by atomic mass is 32.1. The number of rotatable bonds is 6. The summed E-state index contributed by atoms with van der Waals surface area (Å²) < 4.78 is 5.28. The monoisotopic (exact) mass is 300 g/mol. The van der Waals surface area contributed by atoms with Crippen LogP contribution in [0.4, 0.5) is 5.13 Å². The number of nitrogen functional groups attached to an aromatic ring is 1. The van der Waals surface area contributed by atoms with E-state index in [4.69, 9.17) is 10.3 Å². The topological polar surface area (TPSA) is 77.8 Å². The molecule has 2 N–H and O–H groups in total. The molecule has 5 nitrogen and oxygen atoms in total. The van der Waals surface area contributed by atoms with Crippen molar-refractivity contribution in [2.75, 3.05) is 5.73 Å². The maximum absolute atomic E-state index is 5.60. The lowest BCUT2D eigenvalue weighted by Gasteiger charge is -1.94. The fourth-order valence-electron chi connectivity index (χ4n) is 2.10. The van der Waals surface area contributed by atoms with Crippen molar-refractivity contribution < 1.29 is 4.52 Å². The normalized spacial score (nSPS) is 10.9. The smallest absolute Gasteiger partial charge is 0.226 e. The Bertz CT molecular complexity index is 693. The molecule has 0 atom stereocenters. The number of hydrogen-bond acceptors (Lipinski definition) is 6. The van der Waals surface area contributed by atoms with Crippen LogP contribution < -0.4 is 5.73 Å². The highest BCUT2D eigenvalue weighted by molar-refractivity contribution is 7.13. The third kappa shape index (κ3) is 3.88. The van der Waals surface area contributed by atoms with Gasteiger partial charge in [0.25, 0.3) is 0 Å². The van der Waals surface area contributed by atoms with Crippen molar-refractivity contribution in [1.82, 2.24) is 15.1 Å². The minimum Gasteiger partial charge on any atom is -0.375 e. The summed E-state index contributed by atoms with van der Waals surface area (Å²) >= 11 is 1.47. The molecule has 2 aromatic heterocycles. The summed E-state index contributed by atoms with van der Waals surface area (Å²) in [6.07, 6.45) is 3.27. The fraction of sp³-hybridized carbons (Fsp3) is 0.267. The van der Waals surface area contributed by atoms with Crippen LogP contribution in [0.3, 0.4) is 0 Å². The molecule has 2 heterocycles. The number of hydrogen-bond donors (Lipinski definition) is 1. The Morgan fingerprint density at radius 3 is 2.71 bits per heavy atom. The molecule has 0 aliphatic carbocycles. The van der Waals surface area contributed by atoms with Crippen molar-refractivity contribution in [2.45, 2.75) is 25.7 Å². The van der Waals surface area contributed by atoms with Gasteiger partial charge in [-0.1, -0.05) is 35.5 Å². The molecule has 0 saturated carbocycles. The predicted molar refractivity (Wildman–Crippen MR) is 82.1 cm³/mol. The average Bonchev–Trinajstić information content (AvgIpc) is 3.10. The van der Waals surface area contributed by atoms with Gasteiger partial charge in [0.1, 0.15) is 0 Å². The molecule has 0 spiro atoms. The number of thiazole rings is 1. The second-order valence-electron chi connectivity index (χ2n) is 4.80. The standard InChI is InChI=1S/C15H16N4OS/c16-15-17-12(10-21-15)7-4-8-14-18-13(19-20-14)9-11-5-2-1-3-6-11/h1-3,5-6,10H,4,7-9H2,(H2,16,17). The Labute approximate surface area is 126 Å². The van der Waals surface area contributed by atoms with Crippen LogP contribution in [0.25, 0.3) is 0 Å². The lowest BCUT2D eigenvalue weighted by atomic mass is 10.1. The fourth-order valence-corrected chi connectivity index (χ4v) is 2.70. The summed E-state index contributed by atoms with van der Waals surface area (Å²) in [6, 6.07) is 10.1. The van der Waals surface area contributed by atoms with Gasteiger partial charge in [0.15, 0.2) is 11.0 Å². The number of aryl methyl sites for hydroxylation is 2. The molecule has 0 amide bonds. The Morgan fingerprint density at radius 1 is 1.10 bits per heavy atom. The first-order valence-corrected chi connectivity index (χ1v) is 7.73. The molecule has 0 aliphatic heterocycles. The van der Waals surface area contributed by atoms with E-state index < -0.39 is 0 Å². The molecule has 0 radical (unpaired) electrons. The molecule has 0 fully saturated rings. The van der Waals surface area contributed by atoms with Crippen molar-refractivity contribution in [2.24, 2.45) is 0 Å². The maximum Gasteiger partial charge on any atom is 0.226 e. The molecular formula is C15H16N4OS. The van der Waals surface area contributed by atoms with Gasteiger partial charge in [0, 0.05) is 18.2 Å². The molecular weight excluding hydrogens is 284 g/mol. The molecule has 0 saturated heterocycles. The van der Waals surface area contributed by atoms with Gasteiger partial charge in [-0.05, 0) is 18.4 Å². The summed E-state index contributed by atoms with van der Waals surface area (Å²) in [5.41, 5.74) is 7.82. The number of anilines is 1. The van der Waals surface area contributed by atoms with E-state index in [1.54, 1.807) is 0 Å². The lowest BCUT2D eigenvalue weighted by molar-refractivity contribution is 0.371. The zero-order valence-electron chi connectivity index (χ0n) is 11.5. The largest absolute Gasteiger partial charge is 0.375 e. The summed E-state index contributed by atoms with van der Waals surface area (Å²) in [6.45, 7) is 0. The van der Waals surface area contributed by atoms with Crippen LogP contribution in [-0.2, 0) is 19.3 Å². The second kappa shape index (κ2) is 6.49. The first-order chi connectivity index (χ1) is 10.3. The Balaban J connectivity index is 1.51. The minimum atomic E-state index is 0.618. The number of benzene rings is 1. The van der Waals surface area contributed by atoms with Crippen molar-refractivity contribution in [3.8, 4) is 0 Å². The number of aromatic nitrogens is 3. The Morgan fingerprint density at radius 2 is 1.95 bits per heavy atom. The molecule has 6 heteroatoms. The van der Waals surface area contributed by atoms with Crippen molar-refractivity contribution in [3.63, 3.8) is 0 Å². The number of nitrogens with zero attached hydrogens (tertiary/aromatic N) is 3.